The third-order valence-corrected chi connectivity index (χ3v) is 2.54. The molecule has 1 aliphatic rings. The Labute approximate surface area is 62.6 Å². The summed E-state index contributed by atoms with van der Waals surface area (Å²) >= 11 is 0. The Morgan fingerprint density at radius 2 is 2.00 bits per heavy atom. The number of hydrogen-bond acceptors (Lipinski definition) is 2. The topological polar surface area (TPSA) is 34.1 Å². The fourth-order valence-electron chi connectivity index (χ4n) is 1.03. The average molecular weight is 188 g/mol. The molecular formula is C5H7F3O2S. The Kier molecular flexibility index (Phi) is 2.13. The van der Waals surface area contributed by atoms with E-state index >= 15 is 0 Å². The number of alkyl halides is 2. The van der Waals surface area contributed by atoms with E-state index < -0.39 is 34.2 Å². The molecule has 0 heterocycles. The second kappa shape index (κ2) is 2.66. The summed E-state index contributed by atoms with van der Waals surface area (Å²) in [6.45, 7) is 0. The minimum atomic E-state index is -4.56. The van der Waals surface area contributed by atoms with Crippen LogP contribution in [0.25, 0.3) is 0 Å². The maximum atomic E-state index is 11.8. The van der Waals surface area contributed by atoms with E-state index in [0.29, 0.717) is 0 Å². The SMILES string of the molecule is O=S(=O)(F)C[C@@H]1C[C@H]1C(F)F. The summed E-state index contributed by atoms with van der Waals surface area (Å²) in [6, 6.07) is 0. The van der Waals surface area contributed by atoms with E-state index in [1.807, 2.05) is 0 Å². The molecule has 1 rings (SSSR count). The molecule has 1 fully saturated rings. The molecule has 0 spiro atoms. The first-order valence-corrected chi connectivity index (χ1v) is 4.66. The average Bonchev–Trinajstić information content (AvgIpc) is 2.40. The van der Waals surface area contributed by atoms with Gasteiger partial charge < -0.3 is 0 Å². The second-order valence-corrected chi connectivity index (χ2v) is 4.11. The Morgan fingerprint density at radius 3 is 2.27 bits per heavy atom. The van der Waals surface area contributed by atoms with Gasteiger partial charge in [0, 0.05) is 5.92 Å². The van der Waals surface area contributed by atoms with Gasteiger partial charge in [-0.25, -0.2) is 8.78 Å². The van der Waals surface area contributed by atoms with Crippen molar-refractivity contribution >= 4 is 10.2 Å². The quantitative estimate of drug-likeness (QED) is 0.623. The van der Waals surface area contributed by atoms with E-state index in [1.54, 1.807) is 0 Å². The summed E-state index contributed by atoms with van der Waals surface area (Å²) in [5.41, 5.74) is 0. The Bertz CT molecular complexity index is 236. The van der Waals surface area contributed by atoms with Gasteiger partial charge in [-0.1, -0.05) is 0 Å². The molecule has 1 saturated carbocycles. The summed E-state index contributed by atoms with van der Waals surface area (Å²) in [7, 11) is -4.56. The molecular weight excluding hydrogens is 181 g/mol. The van der Waals surface area contributed by atoms with Crippen LogP contribution in [0.4, 0.5) is 12.7 Å². The van der Waals surface area contributed by atoms with Crippen molar-refractivity contribution in [2.75, 3.05) is 5.75 Å². The predicted octanol–water partition coefficient (Wildman–Crippen LogP) is 1.19. The van der Waals surface area contributed by atoms with Crippen LogP contribution in [0.3, 0.4) is 0 Å². The molecule has 0 saturated heterocycles. The van der Waals surface area contributed by atoms with Crippen molar-refractivity contribution in [1.29, 1.82) is 0 Å². The first-order valence-electron chi connectivity index (χ1n) is 3.10. The van der Waals surface area contributed by atoms with Gasteiger partial charge in [-0.05, 0) is 12.3 Å². The maximum Gasteiger partial charge on any atom is 0.302 e. The molecule has 2 nitrogen and oxygen atoms in total. The van der Waals surface area contributed by atoms with E-state index in [1.165, 1.54) is 0 Å². The van der Waals surface area contributed by atoms with Gasteiger partial charge in [0.25, 0.3) is 0 Å². The number of hydrogen-bond donors (Lipinski definition) is 0. The van der Waals surface area contributed by atoms with Crippen LogP contribution in [-0.2, 0) is 10.2 Å². The lowest BCUT2D eigenvalue weighted by molar-refractivity contribution is 0.117. The highest BCUT2D eigenvalue weighted by atomic mass is 32.3. The highest BCUT2D eigenvalue weighted by molar-refractivity contribution is 7.86. The van der Waals surface area contributed by atoms with Crippen molar-refractivity contribution in [3.63, 3.8) is 0 Å². The fraction of sp³-hybridized carbons (Fsp3) is 1.00. The van der Waals surface area contributed by atoms with Crippen LogP contribution >= 0.6 is 0 Å². The molecule has 0 aromatic rings. The lowest BCUT2D eigenvalue weighted by Crippen LogP contribution is -2.05. The lowest BCUT2D eigenvalue weighted by Gasteiger charge is -1.93. The minimum absolute atomic E-state index is 0.126. The van der Waals surface area contributed by atoms with Crippen molar-refractivity contribution < 1.29 is 21.1 Å². The van der Waals surface area contributed by atoms with Crippen LogP contribution in [0, 0.1) is 11.8 Å². The molecule has 6 heteroatoms. The molecule has 0 amide bonds. The summed E-state index contributed by atoms with van der Waals surface area (Å²) < 4.78 is 55.2. The van der Waals surface area contributed by atoms with Crippen LogP contribution < -0.4 is 0 Å². The number of rotatable bonds is 3. The summed E-state index contributed by atoms with van der Waals surface area (Å²) in [5.74, 6) is -2.31. The maximum absolute atomic E-state index is 11.8. The Hall–Kier alpha value is -0.260. The Balaban J connectivity index is 2.35. The van der Waals surface area contributed by atoms with E-state index in [-0.39, 0.29) is 6.42 Å². The number of halogens is 3. The smallest absolute Gasteiger partial charge is 0.210 e. The van der Waals surface area contributed by atoms with Crippen LogP contribution in [0.2, 0.25) is 0 Å². The van der Waals surface area contributed by atoms with Crippen LogP contribution in [-0.4, -0.2) is 20.6 Å². The predicted molar refractivity (Wildman–Crippen MR) is 32.5 cm³/mol. The fourth-order valence-corrected chi connectivity index (χ4v) is 1.92. The monoisotopic (exact) mass is 188 g/mol. The van der Waals surface area contributed by atoms with Gasteiger partial charge in [0.2, 0.25) is 6.43 Å². The zero-order valence-corrected chi connectivity index (χ0v) is 6.32. The highest BCUT2D eigenvalue weighted by Gasteiger charge is 2.46. The molecule has 2 atom stereocenters. The second-order valence-electron chi connectivity index (χ2n) is 2.70. The molecule has 0 N–H and O–H groups in total. The third-order valence-electron chi connectivity index (χ3n) is 1.71. The lowest BCUT2D eigenvalue weighted by atomic mass is 10.4. The van der Waals surface area contributed by atoms with Crippen LogP contribution in [0.5, 0.6) is 0 Å². The van der Waals surface area contributed by atoms with Crippen LogP contribution in [0.1, 0.15) is 6.42 Å². The van der Waals surface area contributed by atoms with Gasteiger partial charge in [-0.3, -0.25) is 0 Å². The van der Waals surface area contributed by atoms with Gasteiger partial charge in [0.1, 0.15) is 0 Å². The van der Waals surface area contributed by atoms with Crippen molar-refractivity contribution in [3.8, 4) is 0 Å². The third kappa shape index (κ3) is 2.69. The van der Waals surface area contributed by atoms with Gasteiger partial charge in [0.05, 0.1) is 5.75 Å². The zero-order valence-electron chi connectivity index (χ0n) is 5.50. The first-order chi connectivity index (χ1) is 4.90. The molecule has 0 aromatic heterocycles. The molecule has 0 unspecified atom stereocenters. The zero-order chi connectivity index (χ0) is 8.65. The summed E-state index contributed by atoms with van der Waals surface area (Å²) in [4.78, 5) is 0. The molecule has 66 valence electrons. The summed E-state index contributed by atoms with van der Waals surface area (Å²) in [5, 5.41) is 0. The summed E-state index contributed by atoms with van der Waals surface area (Å²) in [6.07, 6.45) is -2.39. The Morgan fingerprint density at radius 1 is 1.45 bits per heavy atom. The largest absolute Gasteiger partial charge is 0.302 e. The highest BCUT2D eigenvalue weighted by Crippen LogP contribution is 2.43. The van der Waals surface area contributed by atoms with Crippen molar-refractivity contribution in [1.82, 2.24) is 0 Å². The van der Waals surface area contributed by atoms with Crippen molar-refractivity contribution in [2.45, 2.75) is 12.8 Å². The minimum Gasteiger partial charge on any atom is -0.210 e. The molecule has 1 aliphatic carbocycles. The van der Waals surface area contributed by atoms with Crippen molar-refractivity contribution in [3.05, 3.63) is 0 Å². The van der Waals surface area contributed by atoms with Gasteiger partial charge in [0.15, 0.2) is 0 Å². The van der Waals surface area contributed by atoms with E-state index in [0.717, 1.165) is 0 Å². The van der Waals surface area contributed by atoms with Crippen molar-refractivity contribution in [2.24, 2.45) is 11.8 Å². The van der Waals surface area contributed by atoms with E-state index in [9.17, 15) is 21.1 Å². The molecule has 0 bridgehead atoms. The molecule has 0 aliphatic heterocycles. The molecule has 0 aromatic carbocycles. The van der Waals surface area contributed by atoms with Gasteiger partial charge >= 0.3 is 10.2 Å². The van der Waals surface area contributed by atoms with Gasteiger partial charge in [-0.2, -0.15) is 8.42 Å². The van der Waals surface area contributed by atoms with Crippen LogP contribution in [0.15, 0.2) is 0 Å². The van der Waals surface area contributed by atoms with Gasteiger partial charge in [-0.15, -0.1) is 3.89 Å². The first kappa shape index (κ1) is 8.83. The standard InChI is InChI=1S/C5H7F3O2S/c6-5(7)4-1-3(4)2-11(8,9)10/h3-5H,1-2H2/t3-,4+/m0/s1. The van der Waals surface area contributed by atoms with E-state index in [2.05, 4.69) is 0 Å². The molecule has 11 heavy (non-hydrogen) atoms. The molecule has 0 radical (unpaired) electrons. The normalized spacial score (nSPS) is 30.9. The van der Waals surface area contributed by atoms with E-state index in [4.69, 9.17) is 0 Å².